The summed E-state index contributed by atoms with van der Waals surface area (Å²) in [6.45, 7) is 5.94. The number of hydrogen-bond donors (Lipinski definition) is 1. The first-order valence-electron chi connectivity index (χ1n) is 5.77. The summed E-state index contributed by atoms with van der Waals surface area (Å²) in [5.41, 5.74) is 5.62. The van der Waals surface area contributed by atoms with E-state index in [1.807, 2.05) is 51.1 Å². The van der Waals surface area contributed by atoms with Crippen molar-refractivity contribution in [3.05, 3.63) is 35.9 Å². The van der Waals surface area contributed by atoms with Gasteiger partial charge in [0.05, 0.1) is 7.11 Å². The molecular formula is C14H19NO2. The normalized spacial score (nSPS) is 34.2. The second kappa shape index (κ2) is 3.33. The summed E-state index contributed by atoms with van der Waals surface area (Å²) in [6, 6.07) is 9.65. The number of carbonyl (C=O) groups is 1. The highest BCUT2D eigenvalue weighted by molar-refractivity contribution is 5.92. The largest absolute Gasteiger partial charge is 0.468 e. The topological polar surface area (TPSA) is 52.3 Å². The number of nitrogens with two attached hydrogens (primary N) is 1. The first kappa shape index (κ1) is 12.1. The molecule has 0 spiro atoms. The van der Waals surface area contributed by atoms with Crippen LogP contribution in [-0.2, 0) is 14.9 Å². The summed E-state index contributed by atoms with van der Waals surface area (Å²) in [7, 11) is 1.41. The number of ether oxygens (including phenoxy) is 1. The summed E-state index contributed by atoms with van der Waals surface area (Å²) < 4.78 is 4.98. The van der Waals surface area contributed by atoms with Gasteiger partial charge in [0.25, 0.3) is 0 Å². The van der Waals surface area contributed by atoms with E-state index in [0.29, 0.717) is 0 Å². The van der Waals surface area contributed by atoms with E-state index in [-0.39, 0.29) is 11.4 Å². The molecule has 2 atom stereocenters. The van der Waals surface area contributed by atoms with E-state index in [9.17, 15) is 4.79 Å². The highest BCUT2D eigenvalue weighted by atomic mass is 16.5. The maximum Gasteiger partial charge on any atom is 0.318 e. The standard InChI is InChI=1S/C14H19NO2/c1-12(2)13(3,15)14(12,11(16)17-4)10-8-6-5-7-9-10/h5-9H,15H2,1-4H3. The Labute approximate surface area is 102 Å². The zero-order chi connectivity index (χ0) is 12.9. The third kappa shape index (κ3) is 1.12. The van der Waals surface area contributed by atoms with Crippen molar-refractivity contribution in [2.75, 3.05) is 7.11 Å². The highest BCUT2D eigenvalue weighted by Gasteiger charge is 2.83. The second-order valence-electron chi connectivity index (χ2n) is 5.43. The molecule has 0 bridgehead atoms. The number of carbonyl (C=O) groups excluding carboxylic acids is 1. The van der Waals surface area contributed by atoms with Gasteiger partial charge in [-0.05, 0) is 12.5 Å². The van der Waals surface area contributed by atoms with Crippen LogP contribution in [0.3, 0.4) is 0 Å². The van der Waals surface area contributed by atoms with Crippen molar-refractivity contribution >= 4 is 5.97 Å². The van der Waals surface area contributed by atoms with Gasteiger partial charge in [0.1, 0.15) is 5.41 Å². The Bertz CT molecular complexity index is 435. The minimum absolute atomic E-state index is 0.251. The van der Waals surface area contributed by atoms with Crippen molar-refractivity contribution in [3.63, 3.8) is 0 Å². The van der Waals surface area contributed by atoms with Crippen molar-refractivity contribution in [2.24, 2.45) is 11.1 Å². The van der Waals surface area contributed by atoms with Crippen LogP contribution in [-0.4, -0.2) is 18.6 Å². The van der Waals surface area contributed by atoms with Gasteiger partial charge in [-0.1, -0.05) is 44.2 Å². The molecule has 0 saturated heterocycles. The summed E-state index contributed by atoms with van der Waals surface area (Å²) in [5, 5.41) is 0. The third-order valence-electron chi connectivity index (χ3n) is 4.65. The van der Waals surface area contributed by atoms with Gasteiger partial charge in [0.15, 0.2) is 0 Å². The van der Waals surface area contributed by atoms with Crippen LogP contribution >= 0.6 is 0 Å². The first-order chi connectivity index (χ1) is 7.84. The van der Waals surface area contributed by atoms with Crippen LogP contribution in [0.4, 0.5) is 0 Å². The van der Waals surface area contributed by atoms with Gasteiger partial charge in [-0.3, -0.25) is 4.79 Å². The predicted molar refractivity (Wildman–Crippen MR) is 66.5 cm³/mol. The van der Waals surface area contributed by atoms with Gasteiger partial charge in [-0.25, -0.2) is 0 Å². The van der Waals surface area contributed by atoms with Gasteiger partial charge >= 0.3 is 5.97 Å². The smallest absolute Gasteiger partial charge is 0.318 e. The van der Waals surface area contributed by atoms with E-state index >= 15 is 0 Å². The Kier molecular flexibility index (Phi) is 2.37. The van der Waals surface area contributed by atoms with E-state index in [4.69, 9.17) is 10.5 Å². The van der Waals surface area contributed by atoms with Gasteiger partial charge in [-0.15, -0.1) is 0 Å². The highest BCUT2D eigenvalue weighted by Crippen LogP contribution is 2.70. The van der Waals surface area contributed by atoms with Crippen LogP contribution in [0.1, 0.15) is 26.3 Å². The van der Waals surface area contributed by atoms with Gasteiger partial charge < -0.3 is 10.5 Å². The maximum absolute atomic E-state index is 12.2. The summed E-state index contributed by atoms with van der Waals surface area (Å²) in [6.07, 6.45) is 0. The maximum atomic E-state index is 12.2. The number of methoxy groups -OCH3 is 1. The molecule has 2 N–H and O–H groups in total. The molecule has 1 aromatic rings. The molecule has 3 heteroatoms. The quantitative estimate of drug-likeness (QED) is 0.793. The van der Waals surface area contributed by atoms with Crippen molar-refractivity contribution in [3.8, 4) is 0 Å². The van der Waals surface area contributed by atoms with Gasteiger partial charge in [0, 0.05) is 11.0 Å². The van der Waals surface area contributed by atoms with Crippen LogP contribution in [0.2, 0.25) is 0 Å². The van der Waals surface area contributed by atoms with E-state index in [1.54, 1.807) is 0 Å². The lowest BCUT2D eigenvalue weighted by atomic mass is 9.87. The summed E-state index contributed by atoms with van der Waals surface area (Å²) in [5.74, 6) is -0.251. The Morgan fingerprint density at radius 1 is 1.18 bits per heavy atom. The van der Waals surface area contributed by atoms with Crippen LogP contribution in [0, 0.1) is 5.41 Å². The molecule has 1 aromatic carbocycles. The van der Waals surface area contributed by atoms with Crippen molar-refractivity contribution in [1.82, 2.24) is 0 Å². The zero-order valence-corrected chi connectivity index (χ0v) is 10.8. The Balaban J connectivity index is 2.62. The number of rotatable bonds is 2. The molecule has 2 rings (SSSR count). The second-order valence-corrected chi connectivity index (χ2v) is 5.43. The molecular weight excluding hydrogens is 214 g/mol. The Morgan fingerprint density at radius 2 is 1.65 bits per heavy atom. The van der Waals surface area contributed by atoms with Gasteiger partial charge in [-0.2, -0.15) is 0 Å². The van der Waals surface area contributed by atoms with Crippen molar-refractivity contribution < 1.29 is 9.53 Å². The fourth-order valence-electron chi connectivity index (χ4n) is 3.21. The molecule has 0 aliphatic heterocycles. The van der Waals surface area contributed by atoms with E-state index in [1.165, 1.54) is 7.11 Å². The van der Waals surface area contributed by atoms with Crippen LogP contribution < -0.4 is 5.73 Å². The van der Waals surface area contributed by atoms with Crippen molar-refractivity contribution in [1.29, 1.82) is 0 Å². The first-order valence-corrected chi connectivity index (χ1v) is 5.77. The lowest BCUT2D eigenvalue weighted by molar-refractivity contribution is -0.145. The predicted octanol–water partition coefficient (Wildman–Crippen LogP) is 1.85. The van der Waals surface area contributed by atoms with Gasteiger partial charge in [0.2, 0.25) is 0 Å². The molecule has 92 valence electrons. The van der Waals surface area contributed by atoms with Crippen LogP contribution in [0.25, 0.3) is 0 Å². The Hall–Kier alpha value is -1.35. The van der Waals surface area contributed by atoms with E-state index in [2.05, 4.69) is 0 Å². The molecule has 0 heterocycles. The summed E-state index contributed by atoms with van der Waals surface area (Å²) >= 11 is 0. The molecule has 3 nitrogen and oxygen atoms in total. The SMILES string of the molecule is COC(=O)C1(c2ccccc2)C(C)(C)C1(C)N. The Morgan fingerprint density at radius 3 is 2.00 bits per heavy atom. The molecule has 0 amide bonds. The number of esters is 1. The zero-order valence-electron chi connectivity index (χ0n) is 10.8. The molecule has 1 aliphatic rings. The fourth-order valence-corrected chi connectivity index (χ4v) is 3.21. The minimum Gasteiger partial charge on any atom is -0.468 e. The molecule has 2 unspecified atom stereocenters. The van der Waals surface area contributed by atoms with E-state index in [0.717, 1.165) is 5.56 Å². The van der Waals surface area contributed by atoms with Crippen LogP contribution in [0.15, 0.2) is 30.3 Å². The number of benzene rings is 1. The average molecular weight is 233 g/mol. The third-order valence-corrected chi connectivity index (χ3v) is 4.65. The monoisotopic (exact) mass is 233 g/mol. The number of hydrogen-bond acceptors (Lipinski definition) is 3. The molecule has 1 aliphatic carbocycles. The lowest BCUT2D eigenvalue weighted by Crippen LogP contribution is -2.36. The fraction of sp³-hybridized carbons (Fsp3) is 0.500. The molecule has 17 heavy (non-hydrogen) atoms. The van der Waals surface area contributed by atoms with E-state index < -0.39 is 11.0 Å². The molecule has 1 saturated carbocycles. The minimum atomic E-state index is -0.740. The molecule has 1 fully saturated rings. The summed E-state index contributed by atoms with van der Waals surface area (Å²) in [4.78, 5) is 12.2. The lowest BCUT2D eigenvalue weighted by Gasteiger charge is -2.19. The molecule has 0 aromatic heterocycles. The van der Waals surface area contributed by atoms with Crippen LogP contribution in [0.5, 0.6) is 0 Å². The average Bonchev–Trinajstić information content (AvgIpc) is 2.66. The van der Waals surface area contributed by atoms with Crippen molar-refractivity contribution in [2.45, 2.75) is 31.7 Å². The molecule has 0 radical (unpaired) electrons.